The van der Waals surface area contributed by atoms with Gasteiger partial charge in [-0.25, -0.2) is 15.0 Å². The number of aromatic nitrogens is 4. The average Bonchev–Trinajstić information content (AvgIpc) is 3.40. The third kappa shape index (κ3) is 24.7. The van der Waals surface area contributed by atoms with Crippen molar-refractivity contribution < 1.29 is 82.8 Å². The Labute approximate surface area is 320 Å². The number of rotatable bonds is 18. The van der Waals surface area contributed by atoms with Crippen LogP contribution < -0.4 is 5.73 Å². The summed E-state index contributed by atoms with van der Waals surface area (Å²) in [6, 6.07) is 0. The zero-order valence-electron chi connectivity index (χ0n) is 32.3. The lowest BCUT2D eigenvalue weighted by atomic mass is 9.98. The summed E-state index contributed by atoms with van der Waals surface area (Å²) in [5.74, 6) is -3.76. The van der Waals surface area contributed by atoms with Crippen molar-refractivity contribution in [2.24, 2.45) is 10.8 Å². The van der Waals surface area contributed by atoms with Crippen molar-refractivity contribution in [2.75, 3.05) is 71.5 Å². The second kappa shape index (κ2) is 21.8. The van der Waals surface area contributed by atoms with Crippen LogP contribution in [0.4, 0.5) is 5.82 Å². The molecule has 26 heteroatoms. The van der Waals surface area contributed by atoms with Crippen LogP contribution in [0.15, 0.2) is 12.7 Å². The van der Waals surface area contributed by atoms with Gasteiger partial charge in [0.2, 0.25) is 13.6 Å². The maximum Gasteiger partial charge on any atom is 0.361 e. The normalized spacial score (nSPS) is 13.2. The Morgan fingerprint density at radius 2 is 1.36 bits per heavy atom. The van der Waals surface area contributed by atoms with Crippen LogP contribution in [0, 0.1) is 10.8 Å². The molecule has 0 aliphatic carbocycles. The number of hydrogen-bond acceptors (Lipinski definition) is 18. The minimum atomic E-state index is -4.30. The first-order valence-corrected chi connectivity index (χ1v) is 21.0. The van der Waals surface area contributed by atoms with Gasteiger partial charge in [0, 0.05) is 6.54 Å². The third-order valence-corrected chi connectivity index (χ3v) is 9.22. The van der Waals surface area contributed by atoms with Crippen molar-refractivity contribution in [3.05, 3.63) is 12.7 Å². The number of ether oxygens (including phenoxy) is 3. The smallest absolute Gasteiger partial charge is 0.361 e. The fraction of sp³-hybridized carbons (Fsp3) is 0.724. The predicted octanol–water partition coefficient (Wildman–Crippen LogP) is 0.993. The summed E-state index contributed by atoms with van der Waals surface area (Å²) in [6.45, 7) is 9.62. The lowest BCUT2D eigenvalue weighted by molar-refractivity contribution is -0.873. The fourth-order valence-electron chi connectivity index (χ4n) is 3.38. The number of carboxylic acid groups (broad SMARTS) is 1. The molecule has 0 aromatic carbocycles. The number of carbonyl (C=O) groups is 3. The molecule has 2 aromatic heterocycles. The van der Waals surface area contributed by atoms with Crippen molar-refractivity contribution in [3.63, 3.8) is 0 Å². The molecule has 0 bridgehead atoms. The van der Waals surface area contributed by atoms with E-state index in [1.807, 2.05) is 21.1 Å². The van der Waals surface area contributed by atoms with Crippen LogP contribution in [0.3, 0.4) is 0 Å². The van der Waals surface area contributed by atoms with Crippen LogP contribution in [-0.4, -0.2) is 150 Å². The number of aliphatic carboxylic acids is 1. The van der Waals surface area contributed by atoms with Gasteiger partial charge in [-0.3, -0.25) is 37.1 Å². The highest BCUT2D eigenvalue weighted by Gasteiger charge is 2.30. The zero-order valence-corrected chi connectivity index (χ0v) is 34.8. The Bertz CT molecular complexity index is 1750. The van der Waals surface area contributed by atoms with E-state index < -0.39 is 94.1 Å². The zero-order chi connectivity index (χ0) is 43.1. The number of aliphatic hydroxyl groups excluding tert-OH is 1. The lowest BCUT2D eigenvalue weighted by Gasteiger charge is -2.25. The lowest BCUT2D eigenvalue weighted by Crippen LogP contribution is -2.42. The maximum absolute atomic E-state index is 13.1. The molecule has 2 heterocycles. The Morgan fingerprint density at radius 3 is 1.76 bits per heavy atom. The van der Waals surface area contributed by atoms with Crippen LogP contribution in [0.1, 0.15) is 48.0 Å². The Morgan fingerprint density at radius 1 is 0.891 bits per heavy atom. The number of carbonyl (C=O) groups excluding carboxylic acids is 2. The van der Waals surface area contributed by atoms with E-state index in [0.29, 0.717) is 28.7 Å². The van der Waals surface area contributed by atoms with Gasteiger partial charge in [-0.2, -0.15) is 16.8 Å². The highest BCUT2D eigenvalue weighted by atomic mass is 32.2. The summed E-state index contributed by atoms with van der Waals surface area (Å²) in [4.78, 5) is 46.2. The molecule has 0 amide bonds. The predicted molar refractivity (Wildman–Crippen MR) is 195 cm³/mol. The summed E-state index contributed by atoms with van der Waals surface area (Å²) >= 11 is 0. The van der Waals surface area contributed by atoms with Gasteiger partial charge < -0.3 is 39.2 Å². The largest absolute Gasteiger partial charge is 0.481 e. The Kier molecular flexibility index (Phi) is 20.4. The first kappa shape index (κ1) is 51.6. The van der Waals surface area contributed by atoms with Crippen molar-refractivity contribution in [1.29, 1.82) is 0 Å². The maximum atomic E-state index is 13.1. The van der Waals surface area contributed by atoms with Gasteiger partial charge >= 0.3 is 25.5 Å². The van der Waals surface area contributed by atoms with Gasteiger partial charge in [0.1, 0.15) is 30.8 Å². The molecular weight excluding hydrogens is 799 g/mol. The number of nitrogen functional groups attached to an aromatic ring is 1. The molecule has 2 aromatic rings. The van der Waals surface area contributed by atoms with E-state index in [0.717, 1.165) is 0 Å². The van der Waals surface area contributed by atoms with E-state index in [9.17, 15) is 35.8 Å². The molecule has 2 rings (SSSR count). The van der Waals surface area contributed by atoms with Crippen LogP contribution in [0.2, 0.25) is 0 Å². The molecule has 0 unspecified atom stereocenters. The number of carboxylic acids is 1. The summed E-state index contributed by atoms with van der Waals surface area (Å²) in [7, 11) is -6.82. The van der Waals surface area contributed by atoms with Crippen LogP contribution >= 0.6 is 7.60 Å². The first-order valence-electron chi connectivity index (χ1n) is 16.1. The topological polar surface area (TPSA) is 333 Å². The van der Waals surface area contributed by atoms with Crippen molar-refractivity contribution in [3.8, 4) is 0 Å². The number of aliphatic hydroxyl groups is 1. The summed E-state index contributed by atoms with van der Waals surface area (Å²) in [5, 5.41) is 17.5. The van der Waals surface area contributed by atoms with Crippen molar-refractivity contribution in [1.82, 2.24) is 19.5 Å². The monoisotopic (exact) mass is 853 g/mol. The highest BCUT2D eigenvalue weighted by molar-refractivity contribution is 7.89. The number of nitrogens with two attached hydrogens (primary N) is 1. The number of hydrogen-bond donors (Lipinski definition) is 5. The first-order chi connectivity index (χ1) is 24.7. The molecule has 23 nitrogen and oxygen atoms in total. The SMILES string of the molecule is CC(C)(C)C(=O)OCOP(=O)(COCCn1cnc2c(N)ncnc21)OCOC(=O)C(C)(C)C.C[N+](C)(C)C[C@H](O)CC(=O)O.O=S(=O)(O)CCS(=O)(=O)O. The number of likely N-dealkylation sites (N-methyl/N-ethyl adjacent to an activating group) is 1. The van der Waals surface area contributed by atoms with Gasteiger partial charge in [-0.15, -0.1) is 0 Å². The Balaban J connectivity index is 0.00000113. The number of esters is 2. The highest BCUT2D eigenvalue weighted by Crippen LogP contribution is 2.48. The molecule has 1 atom stereocenters. The number of fused-ring (bicyclic) bond motifs is 1. The van der Waals surface area contributed by atoms with Gasteiger partial charge in [0.25, 0.3) is 20.2 Å². The van der Waals surface area contributed by atoms with Gasteiger partial charge in [0.15, 0.2) is 11.5 Å². The van der Waals surface area contributed by atoms with Crippen LogP contribution in [0.5, 0.6) is 0 Å². The number of quaternary nitrogens is 1. The molecular formula is C29H54N6O17PS2+. The Hall–Kier alpha value is -3.39. The molecule has 0 spiro atoms. The number of anilines is 1. The summed E-state index contributed by atoms with van der Waals surface area (Å²) in [5.41, 5.74) is 5.21. The standard InChI is InChI=1S/C20H32N5O8P.C7H15NO3.C2H6O6S2/c1-19(2,3)17(26)30-11-32-34(28,33-12-31-18(27)20(4,5)6)13-29-8-7-25-10-24-14-15(21)22-9-23-16(14)25;1-8(2,3)5-6(9)4-7(10)11;3-9(4,5)1-2-10(6,7)8/h9-10H,7-8,11-13H2,1-6H3,(H2,21,22,23);6,9H,4-5H2,1-3H3;1-2H2,(H,3,4,5)(H,6,7,8)/p+1/t;6-;/m.1./s1. The molecule has 55 heavy (non-hydrogen) atoms. The van der Waals surface area contributed by atoms with Gasteiger partial charge in [-0.1, -0.05) is 0 Å². The average molecular weight is 854 g/mol. The van der Waals surface area contributed by atoms with E-state index in [2.05, 4.69) is 15.0 Å². The number of nitrogens with zero attached hydrogens (tertiary/aromatic N) is 5. The van der Waals surface area contributed by atoms with E-state index in [-0.39, 0.29) is 18.8 Å². The van der Waals surface area contributed by atoms with Crippen LogP contribution in [-0.2, 0) is 69.0 Å². The van der Waals surface area contributed by atoms with Crippen molar-refractivity contribution >= 4 is 62.7 Å². The molecule has 0 fully saturated rings. The van der Waals surface area contributed by atoms with E-state index in [1.165, 1.54) is 12.7 Å². The van der Waals surface area contributed by atoms with E-state index >= 15 is 0 Å². The van der Waals surface area contributed by atoms with E-state index in [1.54, 1.807) is 46.1 Å². The summed E-state index contributed by atoms with van der Waals surface area (Å²) < 4.78 is 96.6. The molecule has 0 saturated heterocycles. The molecule has 0 saturated carbocycles. The van der Waals surface area contributed by atoms with Crippen molar-refractivity contribution in [2.45, 2.75) is 60.6 Å². The molecule has 0 aliphatic rings. The molecule has 6 N–H and O–H groups in total. The second-order valence-electron chi connectivity index (χ2n) is 14.7. The number of imidazole rings is 1. The van der Waals surface area contributed by atoms with Crippen LogP contribution in [0.25, 0.3) is 11.2 Å². The van der Waals surface area contributed by atoms with Gasteiger partial charge in [0.05, 0.1) is 62.8 Å². The third-order valence-electron chi connectivity index (χ3n) is 6.03. The molecule has 0 radical (unpaired) electrons. The molecule has 318 valence electrons. The summed E-state index contributed by atoms with van der Waals surface area (Å²) in [6.07, 6.45) is 1.47. The van der Waals surface area contributed by atoms with E-state index in [4.69, 9.17) is 48.3 Å². The minimum absolute atomic E-state index is 0.0929. The minimum Gasteiger partial charge on any atom is -0.481 e. The fourth-order valence-corrected chi connectivity index (χ4v) is 6.06. The second-order valence-corrected chi connectivity index (χ2v) is 19.8. The molecule has 0 aliphatic heterocycles. The van der Waals surface area contributed by atoms with Gasteiger partial charge in [-0.05, 0) is 41.5 Å². The quantitative estimate of drug-likeness (QED) is 0.0348.